The second-order valence-corrected chi connectivity index (χ2v) is 6.59. The Bertz CT molecular complexity index is 334. The first kappa shape index (κ1) is 11.2. The van der Waals surface area contributed by atoms with Crippen LogP contribution in [0.1, 0.15) is 12.8 Å². The van der Waals surface area contributed by atoms with Gasteiger partial charge in [0.25, 0.3) is 0 Å². The smallest absolute Gasteiger partial charge is 0.0434 e. The molecule has 0 aliphatic heterocycles. The zero-order valence-corrected chi connectivity index (χ0v) is 10.7. The van der Waals surface area contributed by atoms with Crippen LogP contribution in [0.3, 0.4) is 0 Å². The van der Waals surface area contributed by atoms with E-state index in [1.54, 1.807) is 0 Å². The van der Waals surface area contributed by atoms with Gasteiger partial charge in [0.05, 0.1) is 0 Å². The molecule has 0 aromatic carbocycles. The number of rotatable bonds is 4. The molecule has 0 amide bonds. The minimum absolute atomic E-state index is 0.328. The van der Waals surface area contributed by atoms with Gasteiger partial charge in [0.15, 0.2) is 0 Å². The molecule has 2 N–H and O–H groups in total. The van der Waals surface area contributed by atoms with E-state index < -0.39 is 0 Å². The largest absolute Gasteiger partial charge is 0.396 e. The maximum absolute atomic E-state index is 9.30. The number of aliphatic hydroxyl groups is 2. The minimum atomic E-state index is 0.328. The van der Waals surface area contributed by atoms with Gasteiger partial charge in [-0.2, -0.15) is 0 Å². The fraction of sp³-hybridized carbons (Fsp3) is 0.750. The Morgan fingerprint density at radius 1 is 0.611 bits per heavy atom. The van der Waals surface area contributed by atoms with E-state index in [2.05, 4.69) is 24.3 Å². The number of hydrogen-bond acceptors (Lipinski definition) is 2. The van der Waals surface area contributed by atoms with E-state index in [-0.39, 0.29) is 0 Å². The Morgan fingerprint density at radius 2 is 0.944 bits per heavy atom. The van der Waals surface area contributed by atoms with Crippen LogP contribution in [-0.4, -0.2) is 23.4 Å². The number of hydrogen-bond donors (Lipinski definition) is 2. The van der Waals surface area contributed by atoms with Gasteiger partial charge >= 0.3 is 0 Å². The van der Waals surface area contributed by atoms with E-state index in [4.69, 9.17) is 0 Å². The summed E-state index contributed by atoms with van der Waals surface area (Å²) in [6.45, 7) is 0.655. The third kappa shape index (κ3) is 1.21. The van der Waals surface area contributed by atoms with Crippen molar-refractivity contribution in [3.63, 3.8) is 0 Å². The summed E-state index contributed by atoms with van der Waals surface area (Å²) in [4.78, 5) is 0. The van der Waals surface area contributed by atoms with Crippen LogP contribution in [0.4, 0.5) is 0 Å². The van der Waals surface area contributed by atoms with Crippen LogP contribution < -0.4 is 0 Å². The van der Waals surface area contributed by atoms with E-state index in [0.717, 1.165) is 24.7 Å². The van der Waals surface area contributed by atoms with Gasteiger partial charge in [0, 0.05) is 13.2 Å². The normalized spacial score (nSPS) is 54.6. The van der Waals surface area contributed by atoms with Crippen LogP contribution in [-0.2, 0) is 0 Å². The molecule has 2 heteroatoms. The summed E-state index contributed by atoms with van der Waals surface area (Å²) >= 11 is 0. The average molecular weight is 246 g/mol. The maximum atomic E-state index is 9.30. The van der Waals surface area contributed by atoms with E-state index in [0.29, 0.717) is 48.7 Å². The molecule has 0 saturated heterocycles. The molecule has 0 aromatic heterocycles. The SMILES string of the molecule is OCCC1[C@H]2C=C[C@@H]3C(CCO)[C@@H]4C=C[C@H]1C4C23. The quantitative estimate of drug-likeness (QED) is 0.743. The Balaban J connectivity index is 1.68. The van der Waals surface area contributed by atoms with Crippen molar-refractivity contribution in [2.45, 2.75) is 12.8 Å². The molecular weight excluding hydrogens is 224 g/mol. The lowest BCUT2D eigenvalue weighted by molar-refractivity contribution is 0.195. The van der Waals surface area contributed by atoms with Gasteiger partial charge in [0.1, 0.15) is 0 Å². The summed E-state index contributed by atoms with van der Waals surface area (Å²) in [7, 11) is 0. The number of allylic oxidation sites excluding steroid dienone is 4. The van der Waals surface area contributed by atoms with Crippen LogP contribution in [0.15, 0.2) is 24.3 Å². The predicted octanol–water partition coefficient (Wildman–Crippen LogP) is 1.85. The van der Waals surface area contributed by atoms with E-state index in [1.165, 1.54) is 0 Å². The van der Waals surface area contributed by atoms with Gasteiger partial charge < -0.3 is 10.2 Å². The number of aliphatic hydroxyl groups excluding tert-OH is 2. The van der Waals surface area contributed by atoms with Crippen molar-refractivity contribution in [1.29, 1.82) is 0 Å². The highest BCUT2D eigenvalue weighted by atomic mass is 16.3. The molecule has 2 saturated carbocycles. The van der Waals surface area contributed by atoms with E-state index in [9.17, 15) is 10.2 Å². The van der Waals surface area contributed by atoms with Gasteiger partial charge in [-0.15, -0.1) is 0 Å². The maximum Gasteiger partial charge on any atom is 0.0434 e. The second kappa shape index (κ2) is 3.94. The fourth-order valence-electron chi connectivity index (χ4n) is 5.86. The molecule has 8 atom stereocenters. The van der Waals surface area contributed by atoms with Crippen LogP contribution >= 0.6 is 0 Å². The molecule has 0 aromatic rings. The summed E-state index contributed by atoms with van der Waals surface area (Å²) in [5.74, 6) is 5.76. The molecule has 0 radical (unpaired) electrons. The van der Waals surface area contributed by atoms with Gasteiger partial charge in [-0.3, -0.25) is 0 Å². The molecule has 0 spiro atoms. The zero-order valence-electron chi connectivity index (χ0n) is 10.7. The van der Waals surface area contributed by atoms with Crippen LogP contribution in [0.5, 0.6) is 0 Å². The Morgan fingerprint density at radius 3 is 1.22 bits per heavy atom. The second-order valence-electron chi connectivity index (χ2n) is 6.59. The topological polar surface area (TPSA) is 40.5 Å². The molecule has 98 valence electrons. The van der Waals surface area contributed by atoms with E-state index in [1.807, 2.05) is 0 Å². The lowest BCUT2D eigenvalue weighted by Gasteiger charge is -2.24. The third-order valence-electron chi connectivity index (χ3n) is 6.24. The fourth-order valence-corrected chi connectivity index (χ4v) is 5.86. The summed E-state index contributed by atoms with van der Waals surface area (Å²) in [6.07, 6.45) is 11.7. The first-order chi connectivity index (χ1) is 8.86. The molecule has 4 rings (SSSR count). The Labute approximate surface area is 108 Å². The Hall–Kier alpha value is -0.600. The highest BCUT2D eigenvalue weighted by Crippen LogP contribution is 2.68. The molecule has 2 nitrogen and oxygen atoms in total. The average Bonchev–Trinajstić information content (AvgIpc) is 3.04. The molecule has 4 unspecified atom stereocenters. The summed E-state index contributed by atoms with van der Waals surface area (Å²) in [5.41, 5.74) is 0. The third-order valence-corrected chi connectivity index (χ3v) is 6.24. The van der Waals surface area contributed by atoms with Crippen molar-refractivity contribution in [3.05, 3.63) is 24.3 Å². The van der Waals surface area contributed by atoms with Crippen molar-refractivity contribution in [1.82, 2.24) is 0 Å². The van der Waals surface area contributed by atoms with Crippen molar-refractivity contribution >= 4 is 0 Å². The monoisotopic (exact) mass is 246 g/mol. The molecule has 0 heterocycles. The molecule has 4 aliphatic carbocycles. The first-order valence-electron chi connectivity index (χ1n) is 7.45. The summed E-state index contributed by atoms with van der Waals surface area (Å²) in [5, 5.41) is 18.6. The highest BCUT2D eigenvalue weighted by molar-refractivity contribution is 5.29. The minimum Gasteiger partial charge on any atom is -0.396 e. The molecule has 18 heavy (non-hydrogen) atoms. The van der Waals surface area contributed by atoms with Gasteiger partial charge in [-0.25, -0.2) is 0 Å². The molecule has 0 bridgehead atoms. The highest BCUT2D eigenvalue weighted by Gasteiger charge is 2.63. The lowest BCUT2D eigenvalue weighted by atomic mass is 9.81. The van der Waals surface area contributed by atoms with Gasteiger partial charge in [0.2, 0.25) is 0 Å². The zero-order chi connectivity index (χ0) is 12.3. The molecular formula is C16H22O2. The standard InChI is InChI=1S/C16H22O2/c17-7-5-9-11-1-2-12-10(6-8-18)14-4-3-13(9)16(14)15(11)12/h1-4,9-18H,5-8H2/t9?,10?,11-,12-,13-,14+,15?,16?/m1/s1. The van der Waals surface area contributed by atoms with Crippen molar-refractivity contribution in [2.24, 2.45) is 47.3 Å². The van der Waals surface area contributed by atoms with Crippen molar-refractivity contribution < 1.29 is 10.2 Å². The molecule has 2 fully saturated rings. The van der Waals surface area contributed by atoms with Crippen molar-refractivity contribution in [2.75, 3.05) is 13.2 Å². The van der Waals surface area contributed by atoms with Gasteiger partial charge in [-0.05, 0) is 60.2 Å². The van der Waals surface area contributed by atoms with E-state index >= 15 is 0 Å². The Kier molecular flexibility index (Phi) is 2.46. The van der Waals surface area contributed by atoms with Crippen LogP contribution in [0.25, 0.3) is 0 Å². The van der Waals surface area contributed by atoms with Crippen LogP contribution in [0, 0.1) is 47.3 Å². The van der Waals surface area contributed by atoms with Gasteiger partial charge in [-0.1, -0.05) is 24.3 Å². The summed E-state index contributed by atoms with van der Waals surface area (Å²) < 4.78 is 0. The van der Waals surface area contributed by atoms with Crippen LogP contribution in [0.2, 0.25) is 0 Å². The predicted molar refractivity (Wildman–Crippen MR) is 69.6 cm³/mol. The molecule has 4 aliphatic rings. The summed E-state index contributed by atoms with van der Waals surface area (Å²) in [6, 6.07) is 0. The first-order valence-corrected chi connectivity index (χ1v) is 7.45. The van der Waals surface area contributed by atoms with Crippen molar-refractivity contribution in [3.8, 4) is 0 Å². The lowest BCUT2D eigenvalue weighted by Crippen LogP contribution is -2.20.